The van der Waals surface area contributed by atoms with Gasteiger partial charge in [0, 0.05) is 31.3 Å². The molecule has 0 atom stereocenters. The van der Waals surface area contributed by atoms with E-state index in [0.717, 1.165) is 16.8 Å². The summed E-state index contributed by atoms with van der Waals surface area (Å²) in [6.45, 7) is 5.64. The standard InChI is InChI=1S/C23H27N5O2.HI/c1-4-25-21(29)18-11-7-17(8-12-18)13-26-23(24-3)27-14-20-15-30-22(28-20)19-9-5-16(2)6-10-19;/h5-12,15H,4,13-14H2,1-3H3,(H,25,29)(H2,24,26,27);1H. The second-order valence-electron chi connectivity index (χ2n) is 6.85. The lowest BCUT2D eigenvalue weighted by atomic mass is 10.1. The van der Waals surface area contributed by atoms with E-state index in [-0.39, 0.29) is 29.9 Å². The van der Waals surface area contributed by atoms with E-state index in [0.29, 0.717) is 37.0 Å². The number of guanidine groups is 1. The number of aliphatic imine (C=N–C) groups is 1. The number of nitrogens with one attached hydrogen (secondary N) is 3. The Balaban J connectivity index is 0.00000341. The van der Waals surface area contributed by atoms with Crippen LogP contribution in [0.25, 0.3) is 11.5 Å². The fourth-order valence-corrected chi connectivity index (χ4v) is 2.83. The zero-order valence-corrected chi connectivity index (χ0v) is 20.3. The van der Waals surface area contributed by atoms with Crippen LogP contribution in [-0.2, 0) is 13.1 Å². The second-order valence-corrected chi connectivity index (χ2v) is 6.85. The van der Waals surface area contributed by atoms with Gasteiger partial charge in [0.25, 0.3) is 5.91 Å². The monoisotopic (exact) mass is 533 g/mol. The molecular formula is C23H28IN5O2. The predicted molar refractivity (Wildman–Crippen MR) is 134 cm³/mol. The maximum absolute atomic E-state index is 11.8. The highest BCUT2D eigenvalue weighted by atomic mass is 127. The zero-order chi connectivity index (χ0) is 21.3. The van der Waals surface area contributed by atoms with Gasteiger partial charge in [-0.2, -0.15) is 0 Å². The lowest BCUT2D eigenvalue weighted by Crippen LogP contribution is -2.36. The molecule has 1 amide bonds. The molecule has 31 heavy (non-hydrogen) atoms. The fraction of sp³-hybridized carbons (Fsp3) is 0.261. The Morgan fingerprint density at radius 1 is 1.00 bits per heavy atom. The number of halogens is 1. The number of amides is 1. The number of aromatic nitrogens is 1. The Bertz CT molecular complexity index is 998. The van der Waals surface area contributed by atoms with Gasteiger partial charge in [-0.3, -0.25) is 9.79 Å². The molecule has 0 unspecified atom stereocenters. The lowest BCUT2D eigenvalue weighted by Gasteiger charge is -2.11. The molecule has 0 aliphatic heterocycles. The summed E-state index contributed by atoms with van der Waals surface area (Å²) in [6.07, 6.45) is 1.65. The van der Waals surface area contributed by atoms with E-state index in [1.165, 1.54) is 5.56 Å². The molecule has 7 nitrogen and oxygen atoms in total. The SMILES string of the molecule is CCNC(=O)c1ccc(CNC(=NC)NCc2coc(-c3ccc(C)cc3)n2)cc1.I. The maximum atomic E-state index is 11.8. The number of oxazole rings is 1. The Hall–Kier alpha value is -2.88. The van der Waals surface area contributed by atoms with Crippen molar-refractivity contribution >= 4 is 35.8 Å². The molecular weight excluding hydrogens is 505 g/mol. The summed E-state index contributed by atoms with van der Waals surface area (Å²) in [5, 5.41) is 9.27. The summed E-state index contributed by atoms with van der Waals surface area (Å²) >= 11 is 0. The average Bonchev–Trinajstić information content (AvgIpc) is 3.24. The zero-order valence-electron chi connectivity index (χ0n) is 17.9. The van der Waals surface area contributed by atoms with Crippen molar-refractivity contribution in [2.75, 3.05) is 13.6 Å². The van der Waals surface area contributed by atoms with Crippen molar-refractivity contribution < 1.29 is 9.21 Å². The van der Waals surface area contributed by atoms with E-state index in [4.69, 9.17) is 4.42 Å². The highest BCUT2D eigenvalue weighted by Crippen LogP contribution is 2.19. The summed E-state index contributed by atoms with van der Waals surface area (Å²) in [7, 11) is 1.72. The van der Waals surface area contributed by atoms with Crippen molar-refractivity contribution in [3.63, 3.8) is 0 Å². The van der Waals surface area contributed by atoms with E-state index >= 15 is 0 Å². The van der Waals surface area contributed by atoms with Gasteiger partial charge in [-0.1, -0.05) is 29.8 Å². The van der Waals surface area contributed by atoms with Crippen LogP contribution in [0.15, 0.2) is 64.2 Å². The van der Waals surface area contributed by atoms with Crippen LogP contribution in [0.4, 0.5) is 0 Å². The highest BCUT2D eigenvalue weighted by Gasteiger charge is 2.08. The van der Waals surface area contributed by atoms with Crippen molar-refractivity contribution in [1.29, 1.82) is 0 Å². The third-order valence-electron chi connectivity index (χ3n) is 4.52. The molecule has 3 N–H and O–H groups in total. The second kappa shape index (κ2) is 12.1. The van der Waals surface area contributed by atoms with Gasteiger partial charge in [0.15, 0.2) is 5.96 Å². The van der Waals surface area contributed by atoms with Gasteiger partial charge in [-0.05, 0) is 43.7 Å². The first-order chi connectivity index (χ1) is 14.6. The van der Waals surface area contributed by atoms with Crippen molar-refractivity contribution in [3.05, 3.63) is 77.2 Å². The maximum Gasteiger partial charge on any atom is 0.251 e. The summed E-state index contributed by atoms with van der Waals surface area (Å²) < 4.78 is 5.59. The largest absolute Gasteiger partial charge is 0.444 e. The van der Waals surface area contributed by atoms with Gasteiger partial charge in [-0.25, -0.2) is 4.98 Å². The van der Waals surface area contributed by atoms with Crippen LogP contribution >= 0.6 is 24.0 Å². The number of hydrogen-bond donors (Lipinski definition) is 3. The molecule has 0 spiro atoms. The topological polar surface area (TPSA) is 91.5 Å². The molecule has 1 aromatic heterocycles. The Labute approximate surface area is 199 Å². The molecule has 3 aromatic rings. The molecule has 2 aromatic carbocycles. The van der Waals surface area contributed by atoms with E-state index in [1.54, 1.807) is 13.3 Å². The number of aryl methyl sites for hydroxylation is 1. The Morgan fingerprint density at radius 3 is 2.32 bits per heavy atom. The number of nitrogens with zero attached hydrogens (tertiary/aromatic N) is 2. The minimum absolute atomic E-state index is 0. The quantitative estimate of drug-likeness (QED) is 0.244. The molecule has 0 fully saturated rings. The van der Waals surface area contributed by atoms with Gasteiger partial charge in [0.1, 0.15) is 6.26 Å². The van der Waals surface area contributed by atoms with Crippen LogP contribution in [0, 0.1) is 6.92 Å². The minimum Gasteiger partial charge on any atom is -0.444 e. The molecule has 0 bridgehead atoms. The molecule has 0 saturated carbocycles. The van der Waals surface area contributed by atoms with Crippen molar-refractivity contribution in [2.24, 2.45) is 4.99 Å². The van der Waals surface area contributed by atoms with Crippen LogP contribution in [0.5, 0.6) is 0 Å². The Kier molecular flexibility index (Phi) is 9.51. The van der Waals surface area contributed by atoms with Crippen LogP contribution in [0.1, 0.15) is 34.1 Å². The smallest absolute Gasteiger partial charge is 0.251 e. The van der Waals surface area contributed by atoms with Crippen LogP contribution in [0.2, 0.25) is 0 Å². The third-order valence-corrected chi connectivity index (χ3v) is 4.52. The molecule has 1 heterocycles. The van der Waals surface area contributed by atoms with Crippen LogP contribution in [-0.4, -0.2) is 30.4 Å². The summed E-state index contributed by atoms with van der Waals surface area (Å²) in [6, 6.07) is 15.6. The van der Waals surface area contributed by atoms with E-state index in [1.807, 2.05) is 62.4 Å². The predicted octanol–water partition coefficient (Wildman–Crippen LogP) is 3.88. The van der Waals surface area contributed by atoms with E-state index in [2.05, 4.69) is 25.9 Å². The fourth-order valence-electron chi connectivity index (χ4n) is 2.83. The molecule has 0 aliphatic rings. The number of benzene rings is 2. The first-order valence-electron chi connectivity index (χ1n) is 9.92. The molecule has 0 saturated heterocycles. The number of carbonyl (C=O) groups excluding carboxylic acids is 1. The summed E-state index contributed by atoms with van der Waals surface area (Å²) in [5.41, 5.74) is 4.64. The van der Waals surface area contributed by atoms with Crippen LogP contribution in [0.3, 0.4) is 0 Å². The third kappa shape index (κ3) is 7.09. The highest BCUT2D eigenvalue weighted by molar-refractivity contribution is 14.0. The van der Waals surface area contributed by atoms with Gasteiger partial charge < -0.3 is 20.4 Å². The van der Waals surface area contributed by atoms with Gasteiger partial charge in [0.05, 0.1) is 12.2 Å². The number of hydrogen-bond acceptors (Lipinski definition) is 4. The van der Waals surface area contributed by atoms with Crippen molar-refractivity contribution in [1.82, 2.24) is 20.9 Å². The minimum atomic E-state index is -0.0629. The van der Waals surface area contributed by atoms with Gasteiger partial charge >= 0.3 is 0 Å². The average molecular weight is 533 g/mol. The first-order valence-corrected chi connectivity index (χ1v) is 9.92. The molecule has 164 valence electrons. The lowest BCUT2D eigenvalue weighted by molar-refractivity contribution is 0.0956. The molecule has 8 heteroatoms. The normalized spacial score (nSPS) is 10.9. The van der Waals surface area contributed by atoms with Crippen LogP contribution < -0.4 is 16.0 Å². The number of rotatable bonds is 7. The van der Waals surface area contributed by atoms with Gasteiger partial charge in [-0.15, -0.1) is 24.0 Å². The molecule has 0 aliphatic carbocycles. The Morgan fingerprint density at radius 2 is 1.68 bits per heavy atom. The summed E-state index contributed by atoms with van der Waals surface area (Å²) in [4.78, 5) is 20.6. The van der Waals surface area contributed by atoms with Crippen molar-refractivity contribution in [3.8, 4) is 11.5 Å². The summed E-state index contributed by atoms with van der Waals surface area (Å²) in [5.74, 6) is 1.19. The first kappa shape index (κ1) is 24.4. The number of carbonyl (C=O) groups is 1. The van der Waals surface area contributed by atoms with E-state index in [9.17, 15) is 4.79 Å². The van der Waals surface area contributed by atoms with Crippen molar-refractivity contribution in [2.45, 2.75) is 26.9 Å². The van der Waals surface area contributed by atoms with E-state index < -0.39 is 0 Å². The van der Waals surface area contributed by atoms with Gasteiger partial charge in [0.2, 0.25) is 5.89 Å². The molecule has 0 radical (unpaired) electrons. The molecule has 3 rings (SSSR count).